The Bertz CT molecular complexity index is 781. The van der Waals surface area contributed by atoms with Crippen molar-refractivity contribution in [1.82, 2.24) is 4.98 Å². The second-order valence-corrected chi connectivity index (χ2v) is 5.47. The number of anilines is 2. The molecule has 0 radical (unpaired) electrons. The van der Waals surface area contributed by atoms with Crippen molar-refractivity contribution in [2.24, 2.45) is 0 Å². The number of halogens is 1. The van der Waals surface area contributed by atoms with Crippen LogP contribution in [0.25, 0.3) is 10.8 Å². The number of aromatic nitrogens is 1. The fraction of sp³-hybridized carbons (Fsp3) is 0.118. The van der Waals surface area contributed by atoms with Crippen LogP contribution in [-0.4, -0.2) is 12.0 Å². The fourth-order valence-electron chi connectivity index (χ4n) is 2.45. The first kappa shape index (κ1) is 13.7. The molecule has 106 valence electrons. The summed E-state index contributed by atoms with van der Waals surface area (Å²) in [6.07, 6.45) is 1.83. The zero-order valence-corrected chi connectivity index (χ0v) is 12.5. The third-order valence-electron chi connectivity index (χ3n) is 3.49. The van der Waals surface area contributed by atoms with E-state index in [2.05, 4.69) is 22.0 Å². The van der Waals surface area contributed by atoms with Gasteiger partial charge in [-0.2, -0.15) is 0 Å². The van der Waals surface area contributed by atoms with Crippen molar-refractivity contribution in [1.29, 1.82) is 0 Å². The molecule has 3 aromatic rings. The molecular weight excluding hydrogens is 282 g/mol. The van der Waals surface area contributed by atoms with Crippen LogP contribution in [0.2, 0.25) is 5.02 Å². The van der Waals surface area contributed by atoms with Crippen LogP contribution in [0.5, 0.6) is 0 Å². The molecule has 0 amide bonds. The molecule has 4 heteroatoms. The quantitative estimate of drug-likeness (QED) is 0.740. The maximum Gasteiger partial charge on any atom is 0.136 e. The summed E-state index contributed by atoms with van der Waals surface area (Å²) in [5.41, 5.74) is 7.55. The number of pyridine rings is 1. The second kappa shape index (κ2) is 5.62. The van der Waals surface area contributed by atoms with Crippen molar-refractivity contribution in [3.8, 4) is 0 Å². The van der Waals surface area contributed by atoms with E-state index >= 15 is 0 Å². The third-order valence-corrected chi connectivity index (χ3v) is 3.86. The number of hydrogen-bond acceptors (Lipinski definition) is 3. The second-order valence-electron chi connectivity index (χ2n) is 5.06. The molecule has 3 nitrogen and oxygen atoms in total. The Kier molecular flexibility index (Phi) is 3.67. The Morgan fingerprint density at radius 3 is 2.81 bits per heavy atom. The minimum atomic E-state index is 0.658. The van der Waals surface area contributed by atoms with Gasteiger partial charge in [0.1, 0.15) is 5.82 Å². The zero-order valence-electron chi connectivity index (χ0n) is 11.8. The average molecular weight is 298 g/mol. The topological polar surface area (TPSA) is 42.1 Å². The van der Waals surface area contributed by atoms with Gasteiger partial charge in [0.2, 0.25) is 0 Å². The summed E-state index contributed by atoms with van der Waals surface area (Å²) in [7, 11) is 2.01. The van der Waals surface area contributed by atoms with E-state index in [-0.39, 0.29) is 0 Å². The molecule has 0 aliphatic heterocycles. The van der Waals surface area contributed by atoms with E-state index in [1.807, 2.05) is 49.6 Å². The molecule has 0 atom stereocenters. The molecule has 0 saturated carbocycles. The van der Waals surface area contributed by atoms with Crippen LogP contribution in [0, 0.1) is 0 Å². The van der Waals surface area contributed by atoms with Gasteiger partial charge in [-0.05, 0) is 35.2 Å². The zero-order chi connectivity index (χ0) is 14.8. The van der Waals surface area contributed by atoms with E-state index in [0.29, 0.717) is 12.2 Å². The van der Waals surface area contributed by atoms with E-state index < -0.39 is 0 Å². The molecule has 0 aliphatic carbocycles. The number of nitrogens with two attached hydrogens (primary N) is 1. The predicted octanol–water partition coefficient (Wildman–Crippen LogP) is 4.11. The molecule has 0 bridgehead atoms. The normalized spacial score (nSPS) is 10.8. The van der Waals surface area contributed by atoms with Gasteiger partial charge in [-0.25, -0.2) is 4.98 Å². The highest BCUT2D eigenvalue weighted by molar-refractivity contribution is 6.31. The number of benzene rings is 2. The van der Waals surface area contributed by atoms with Crippen LogP contribution < -0.4 is 10.6 Å². The van der Waals surface area contributed by atoms with Gasteiger partial charge in [-0.15, -0.1) is 0 Å². The standard InChI is InChI=1S/C17H16ClN3/c1-21(11-13-10-14(19)6-7-16(13)18)17-15-5-3-2-4-12(15)8-9-20-17/h2-10H,11,19H2,1H3. The molecule has 21 heavy (non-hydrogen) atoms. The number of fused-ring (bicyclic) bond motifs is 1. The minimum Gasteiger partial charge on any atom is -0.399 e. The van der Waals surface area contributed by atoms with Crippen molar-refractivity contribution < 1.29 is 0 Å². The van der Waals surface area contributed by atoms with Gasteiger partial charge >= 0.3 is 0 Å². The van der Waals surface area contributed by atoms with Crippen molar-refractivity contribution in [3.63, 3.8) is 0 Å². The molecule has 3 rings (SSSR count). The van der Waals surface area contributed by atoms with Crippen LogP contribution in [-0.2, 0) is 6.54 Å². The fourth-order valence-corrected chi connectivity index (χ4v) is 2.63. The van der Waals surface area contributed by atoms with Crippen LogP contribution in [0.4, 0.5) is 11.5 Å². The van der Waals surface area contributed by atoms with E-state index in [4.69, 9.17) is 17.3 Å². The molecule has 0 unspecified atom stereocenters. The van der Waals surface area contributed by atoms with Gasteiger partial charge in [0.25, 0.3) is 0 Å². The monoisotopic (exact) mass is 297 g/mol. The Morgan fingerprint density at radius 1 is 1.14 bits per heavy atom. The van der Waals surface area contributed by atoms with E-state index in [0.717, 1.165) is 21.8 Å². The van der Waals surface area contributed by atoms with Crippen molar-refractivity contribution >= 4 is 33.9 Å². The highest BCUT2D eigenvalue weighted by atomic mass is 35.5. The summed E-state index contributed by atoms with van der Waals surface area (Å²) in [6.45, 7) is 0.658. The molecule has 0 saturated heterocycles. The van der Waals surface area contributed by atoms with Crippen molar-refractivity contribution in [2.45, 2.75) is 6.54 Å². The number of hydrogen-bond donors (Lipinski definition) is 1. The lowest BCUT2D eigenvalue weighted by Gasteiger charge is -2.20. The van der Waals surface area contributed by atoms with Gasteiger partial charge in [-0.3, -0.25) is 0 Å². The highest BCUT2D eigenvalue weighted by Crippen LogP contribution is 2.26. The van der Waals surface area contributed by atoms with Crippen molar-refractivity contribution in [2.75, 3.05) is 17.7 Å². The SMILES string of the molecule is CN(Cc1cc(N)ccc1Cl)c1nccc2ccccc12. The highest BCUT2D eigenvalue weighted by Gasteiger charge is 2.10. The van der Waals surface area contributed by atoms with E-state index in [9.17, 15) is 0 Å². The lowest BCUT2D eigenvalue weighted by molar-refractivity contribution is 0.905. The molecule has 0 aliphatic rings. The molecular formula is C17H16ClN3. The average Bonchev–Trinajstić information content (AvgIpc) is 2.50. The number of rotatable bonds is 3. The van der Waals surface area contributed by atoms with Gasteiger partial charge in [0.05, 0.1) is 0 Å². The summed E-state index contributed by atoms with van der Waals surface area (Å²) in [4.78, 5) is 6.59. The molecule has 1 heterocycles. The molecule has 0 spiro atoms. The van der Waals surface area contributed by atoms with Crippen LogP contribution in [0.3, 0.4) is 0 Å². The Hall–Kier alpha value is -2.26. The summed E-state index contributed by atoms with van der Waals surface area (Å²) in [5.74, 6) is 0.937. The van der Waals surface area contributed by atoms with Gasteiger partial charge in [0, 0.05) is 35.9 Å². The van der Waals surface area contributed by atoms with E-state index in [1.165, 1.54) is 5.39 Å². The maximum absolute atomic E-state index is 6.24. The number of nitrogen functional groups attached to an aromatic ring is 1. The van der Waals surface area contributed by atoms with Crippen LogP contribution in [0.1, 0.15) is 5.56 Å². The minimum absolute atomic E-state index is 0.658. The molecule has 1 aromatic heterocycles. The smallest absolute Gasteiger partial charge is 0.136 e. The van der Waals surface area contributed by atoms with Gasteiger partial charge < -0.3 is 10.6 Å². The summed E-state index contributed by atoms with van der Waals surface area (Å²) < 4.78 is 0. The summed E-state index contributed by atoms with van der Waals surface area (Å²) in [6, 6.07) is 15.8. The van der Waals surface area contributed by atoms with Gasteiger partial charge in [0.15, 0.2) is 0 Å². The Morgan fingerprint density at radius 2 is 1.95 bits per heavy atom. The Labute approximate surface area is 129 Å². The first-order valence-corrected chi connectivity index (χ1v) is 7.12. The van der Waals surface area contributed by atoms with E-state index in [1.54, 1.807) is 0 Å². The summed E-state index contributed by atoms with van der Waals surface area (Å²) in [5, 5.41) is 3.02. The third kappa shape index (κ3) is 2.78. The van der Waals surface area contributed by atoms with Crippen LogP contribution in [0.15, 0.2) is 54.7 Å². The van der Waals surface area contributed by atoms with Crippen molar-refractivity contribution in [3.05, 3.63) is 65.3 Å². The maximum atomic E-state index is 6.24. The Balaban J connectivity index is 1.97. The molecule has 0 fully saturated rings. The summed E-state index contributed by atoms with van der Waals surface area (Å²) >= 11 is 6.24. The van der Waals surface area contributed by atoms with Crippen LogP contribution >= 0.6 is 11.6 Å². The predicted molar refractivity (Wildman–Crippen MR) is 89.7 cm³/mol. The van der Waals surface area contributed by atoms with Gasteiger partial charge in [-0.1, -0.05) is 35.9 Å². The first-order chi connectivity index (χ1) is 10.1. The number of nitrogens with zero attached hydrogens (tertiary/aromatic N) is 2. The lowest BCUT2D eigenvalue weighted by Crippen LogP contribution is -2.18. The first-order valence-electron chi connectivity index (χ1n) is 6.74. The lowest BCUT2D eigenvalue weighted by atomic mass is 10.1. The molecule has 2 N–H and O–H groups in total. The molecule has 2 aromatic carbocycles. The largest absolute Gasteiger partial charge is 0.399 e.